The van der Waals surface area contributed by atoms with E-state index in [9.17, 15) is 18.5 Å². The Morgan fingerprint density at radius 3 is 2.39 bits per heavy atom. The zero-order valence-electron chi connectivity index (χ0n) is 10.1. The van der Waals surface area contributed by atoms with Crippen LogP contribution in [0.3, 0.4) is 0 Å². The van der Waals surface area contributed by atoms with Crippen molar-refractivity contribution in [2.75, 3.05) is 0 Å². The highest BCUT2D eigenvalue weighted by molar-refractivity contribution is 7.89. The highest BCUT2D eigenvalue weighted by atomic mass is 35.5. The lowest BCUT2D eigenvalue weighted by Gasteiger charge is -2.12. The quantitative estimate of drug-likeness (QED) is 0.681. The summed E-state index contributed by atoms with van der Waals surface area (Å²) < 4.78 is 26.3. The van der Waals surface area contributed by atoms with E-state index in [0.29, 0.717) is 0 Å². The lowest BCUT2D eigenvalue weighted by molar-refractivity contribution is -0.384. The third kappa shape index (κ3) is 3.18. The molecule has 1 aromatic carbocycles. The molecule has 0 saturated carbocycles. The van der Waals surface area contributed by atoms with Gasteiger partial charge in [0.1, 0.15) is 5.02 Å². The van der Waals surface area contributed by atoms with E-state index in [1.54, 1.807) is 13.8 Å². The Morgan fingerprint density at radius 1 is 1.39 bits per heavy atom. The molecule has 0 aliphatic heterocycles. The third-order valence-corrected chi connectivity index (χ3v) is 4.22. The Kier molecular flexibility index (Phi) is 4.31. The summed E-state index contributed by atoms with van der Waals surface area (Å²) in [5, 5.41) is 10.5. The molecule has 0 radical (unpaired) electrons. The van der Waals surface area contributed by atoms with Crippen molar-refractivity contribution in [1.82, 2.24) is 4.72 Å². The number of nitro benzene ring substituents is 1. The van der Waals surface area contributed by atoms with Crippen LogP contribution < -0.4 is 4.72 Å². The zero-order valence-corrected chi connectivity index (χ0v) is 11.7. The molecular weight excluding hydrogens is 280 g/mol. The van der Waals surface area contributed by atoms with Crippen molar-refractivity contribution in [2.45, 2.75) is 31.7 Å². The lowest BCUT2D eigenvalue weighted by atomic mass is 10.2. The molecule has 100 valence electrons. The second-order valence-corrected chi connectivity index (χ2v) is 6.19. The lowest BCUT2D eigenvalue weighted by Crippen LogP contribution is -2.30. The van der Waals surface area contributed by atoms with Gasteiger partial charge in [-0.3, -0.25) is 10.1 Å². The fraction of sp³-hybridized carbons (Fsp3) is 0.400. The molecule has 0 fully saturated rings. The largest absolute Gasteiger partial charge is 0.288 e. The van der Waals surface area contributed by atoms with Gasteiger partial charge < -0.3 is 0 Å². The van der Waals surface area contributed by atoms with E-state index in [-0.39, 0.29) is 27.2 Å². The van der Waals surface area contributed by atoms with Crippen LogP contribution in [0, 0.1) is 17.0 Å². The first-order chi connectivity index (χ1) is 8.15. The first kappa shape index (κ1) is 14.9. The van der Waals surface area contributed by atoms with Crippen LogP contribution in [0.5, 0.6) is 0 Å². The summed E-state index contributed by atoms with van der Waals surface area (Å²) in [5.41, 5.74) is -0.0306. The predicted molar refractivity (Wildman–Crippen MR) is 68.3 cm³/mol. The van der Waals surface area contributed by atoms with Gasteiger partial charge in [0, 0.05) is 12.1 Å². The molecule has 0 amide bonds. The molecule has 0 unspecified atom stereocenters. The van der Waals surface area contributed by atoms with Crippen LogP contribution in [0.4, 0.5) is 5.69 Å². The van der Waals surface area contributed by atoms with Gasteiger partial charge in [0.25, 0.3) is 5.69 Å². The van der Waals surface area contributed by atoms with E-state index in [1.807, 2.05) is 0 Å². The first-order valence-electron chi connectivity index (χ1n) is 5.12. The van der Waals surface area contributed by atoms with Crippen LogP contribution in [0.2, 0.25) is 5.02 Å². The summed E-state index contributed by atoms with van der Waals surface area (Å²) in [4.78, 5) is 9.97. The number of sulfonamides is 1. The van der Waals surface area contributed by atoms with Gasteiger partial charge in [-0.1, -0.05) is 11.6 Å². The minimum absolute atomic E-state index is 0.0493. The van der Waals surface area contributed by atoms with E-state index in [1.165, 1.54) is 6.92 Å². The number of hydrogen-bond donors (Lipinski definition) is 1. The number of halogens is 1. The van der Waals surface area contributed by atoms with Crippen molar-refractivity contribution >= 4 is 27.3 Å². The maximum Gasteiger partial charge on any atom is 0.288 e. The Bertz CT molecular complexity index is 584. The first-order valence-corrected chi connectivity index (χ1v) is 6.98. The topological polar surface area (TPSA) is 89.3 Å². The van der Waals surface area contributed by atoms with Crippen LogP contribution in [0.15, 0.2) is 17.0 Å². The fourth-order valence-electron chi connectivity index (χ4n) is 1.45. The van der Waals surface area contributed by atoms with Gasteiger partial charge in [-0.2, -0.15) is 0 Å². The van der Waals surface area contributed by atoms with E-state index < -0.39 is 14.9 Å². The fourth-order valence-corrected chi connectivity index (χ4v) is 3.25. The molecule has 0 atom stereocenters. The molecule has 0 heterocycles. The molecule has 1 N–H and O–H groups in total. The molecule has 0 aliphatic carbocycles. The van der Waals surface area contributed by atoms with Gasteiger partial charge in [-0.25, -0.2) is 13.1 Å². The van der Waals surface area contributed by atoms with E-state index >= 15 is 0 Å². The van der Waals surface area contributed by atoms with E-state index in [0.717, 1.165) is 12.1 Å². The number of nitrogens with one attached hydrogen (secondary N) is 1. The van der Waals surface area contributed by atoms with Crippen LogP contribution >= 0.6 is 11.6 Å². The molecule has 1 aromatic rings. The Morgan fingerprint density at radius 2 is 1.94 bits per heavy atom. The molecule has 6 nitrogen and oxygen atoms in total. The third-order valence-electron chi connectivity index (χ3n) is 2.12. The summed E-state index contributed by atoms with van der Waals surface area (Å²) in [7, 11) is -3.71. The molecule has 1 rings (SSSR count). The predicted octanol–water partition coefficient (Wildman–Crippen LogP) is 2.24. The maximum atomic E-state index is 12.0. The van der Waals surface area contributed by atoms with Crippen molar-refractivity contribution in [3.8, 4) is 0 Å². The highest BCUT2D eigenvalue weighted by Crippen LogP contribution is 2.29. The molecule has 0 saturated heterocycles. The van der Waals surface area contributed by atoms with Crippen molar-refractivity contribution in [3.63, 3.8) is 0 Å². The molecule has 0 spiro atoms. The Hall–Kier alpha value is -1.18. The summed E-state index contributed by atoms with van der Waals surface area (Å²) in [5.74, 6) is 0. The maximum absolute atomic E-state index is 12.0. The molecule has 18 heavy (non-hydrogen) atoms. The standard InChI is InChI=1S/C10H13ClN2O4S/c1-6(2)12-18(16,17)10-5-8(11)9(13(14)15)4-7(10)3/h4-6,12H,1-3H3. The normalized spacial score (nSPS) is 11.8. The second-order valence-electron chi connectivity index (χ2n) is 4.10. The number of benzene rings is 1. The number of nitrogens with zero attached hydrogens (tertiary/aromatic N) is 1. The summed E-state index contributed by atoms with van der Waals surface area (Å²) in [6.07, 6.45) is 0. The smallest absolute Gasteiger partial charge is 0.258 e. The van der Waals surface area contributed by atoms with Gasteiger partial charge in [-0.05, 0) is 32.4 Å². The summed E-state index contributed by atoms with van der Waals surface area (Å²) >= 11 is 5.71. The van der Waals surface area contributed by atoms with Gasteiger partial charge in [0.15, 0.2) is 0 Å². The number of hydrogen-bond acceptors (Lipinski definition) is 4. The molecule has 0 aliphatic rings. The highest BCUT2D eigenvalue weighted by Gasteiger charge is 2.23. The van der Waals surface area contributed by atoms with E-state index in [4.69, 9.17) is 11.6 Å². The summed E-state index contributed by atoms with van der Waals surface area (Å²) in [6.45, 7) is 4.85. The minimum atomic E-state index is -3.71. The Labute approximate surface area is 110 Å². The van der Waals surface area contributed by atoms with Crippen molar-refractivity contribution in [2.24, 2.45) is 0 Å². The Balaban J connectivity index is 3.37. The van der Waals surface area contributed by atoms with Gasteiger partial charge in [-0.15, -0.1) is 0 Å². The van der Waals surface area contributed by atoms with Crippen LogP contribution in [-0.2, 0) is 10.0 Å². The van der Waals surface area contributed by atoms with Crippen LogP contribution in [0.1, 0.15) is 19.4 Å². The number of aryl methyl sites for hydroxylation is 1. The van der Waals surface area contributed by atoms with Crippen molar-refractivity contribution in [1.29, 1.82) is 0 Å². The van der Waals surface area contributed by atoms with Crippen molar-refractivity contribution in [3.05, 3.63) is 32.8 Å². The summed E-state index contributed by atoms with van der Waals surface area (Å²) in [6, 6.07) is 1.97. The van der Waals surface area contributed by atoms with Gasteiger partial charge in [0.05, 0.1) is 9.82 Å². The van der Waals surface area contributed by atoms with Gasteiger partial charge >= 0.3 is 0 Å². The molecule has 0 bridgehead atoms. The molecule has 0 aromatic heterocycles. The SMILES string of the molecule is Cc1cc([N+](=O)[O-])c(Cl)cc1S(=O)(=O)NC(C)C. The van der Waals surface area contributed by atoms with E-state index in [2.05, 4.69) is 4.72 Å². The number of nitro groups is 1. The zero-order chi connectivity index (χ0) is 14.1. The van der Waals surface area contributed by atoms with Crippen molar-refractivity contribution < 1.29 is 13.3 Å². The minimum Gasteiger partial charge on any atom is -0.258 e. The second kappa shape index (κ2) is 5.21. The average molecular weight is 293 g/mol. The average Bonchev–Trinajstić information content (AvgIpc) is 2.18. The van der Waals surface area contributed by atoms with Crippen LogP contribution in [0.25, 0.3) is 0 Å². The monoisotopic (exact) mass is 292 g/mol. The number of rotatable bonds is 4. The van der Waals surface area contributed by atoms with Crippen LogP contribution in [-0.4, -0.2) is 19.4 Å². The van der Waals surface area contributed by atoms with Gasteiger partial charge in [0.2, 0.25) is 10.0 Å². The molecular formula is C10H13ClN2O4S. The molecule has 8 heteroatoms.